The van der Waals surface area contributed by atoms with Gasteiger partial charge in [-0.3, -0.25) is 5.41 Å². The lowest BCUT2D eigenvalue weighted by Crippen LogP contribution is -2.37. The summed E-state index contributed by atoms with van der Waals surface area (Å²) in [6.45, 7) is 2.00. The highest BCUT2D eigenvalue weighted by molar-refractivity contribution is 6.33. The van der Waals surface area contributed by atoms with Gasteiger partial charge in [-0.25, -0.2) is 0 Å². The predicted octanol–water partition coefficient (Wildman–Crippen LogP) is 1.83. The summed E-state index contributed by atoms with van der Waals surface area (Å²) in [5.74, 6) is 0.345. The number of nitrogens with two attached hydrogens (primary N) is 1. The van der Waals surface area contributed by atoms with Crippen molar-refractivity contribution in [3.8, 4) is 0 Å². The number of piperidine rings is 1. The molecule has 5 heteroatoms. The zero-order valence-corrected chi connectivity index (χ0v) is 11.0. The molecule has 1 heterocycles. The van der Waals surface area contributed by atoms with Gasteiger partial charge in [0.15, 0.2) is 0 Å². The highest BCUT2D eigenvalue weighted by Gasteiger charge is 2.21. The lowest BCUT2D eigenvalue weighted by atomic mass is 9.98. The predicted molar refractivity (Wildman–Crippen MR) is 74.5 cm³/mol. The number of aliphatic hydroxyl groups excluding tert-OH is 1. The van der Waals surface area contributed by atoms with Crippen molar-refractivity contribution in [2.45, 2.75) is 12.8 Å². The van der Waals surface area contributed by atoms with E-state index in [9.17, 15) is 5.11 Å². The molecular weight excluding hydrogens is 250 g/mol. The number of rotatable bonds is 3. The number of nitrogen functional groups attached to an aromatic ring is 1. The van der Waals surface area contributed by atoms with Gasteiger partial charge in [-0.1, -0.05) is 11.6 Å². The highest BCUT2D eigenvalue weighted by atomic mass is 35.5. The molecule has 1 unspecified atom stereocenters. The number of nitrogens with one attached hydrogen (secondary N) is 1. The Morgan fingerprint density at radius 1 is 1.56 bits per heavy atom. The van der Waals surface area contributed by atoms with E-state index in [0.29, 0.717) is 16.5 Å². The summed E-state index contributed by atoms with van der Waals surface area (Å²) < 4.78 is 0. The van der Waals surface area contributed by atoms with E-state index >= 15 is 0 Å². The van der Waals surface area contributed by atoms with Crippen LogP contribution in [0.5, 0.6) is 0 Å². The summed E-state index contributed by atoms with van der Waals surface area (Å²) in [6.07, 6.45) is 2.13. The van der Waals surface area contributed by atoms with Crippen LogP contribution in [0.1, 0.15) is 18.4 Å². The molecule has 0 aromatic heterocycles. The fourth-order valence-corrected chi connectivity index (χ4v) is 2.66. The molecule has 0 amide bonds. The summed E-state index contributed by atoms with van der Waals surface area (Å²) in [4.78, 5) is 2.19. The molecule has 4 N–H and O–H groups in total. The van der Waals surface area contributed by atoms with E-state index in [2.05, 4.69) is 4.90 Å². The molecule has 1 atom stereocenters. The first-order valence-corrected chi connectivity index (χ1v) is 6.49. The minimum atomic E-state index is 0.0235. The Bertz CT molecular complexity index is 450. The first-order chi connectivity index (χ1) is 8.61. The number of amidine groups is 1. The summed E-state index contributed by atoms with van der Waals surface area (Å²) >= 11 is 6.24. The third kappa shape index (κ3) is 2.76. The molecule has 4 nitrogen and oxygen atoms in total. The van der Waals surface area contributed by atoms with Crippen molar-refractivity contribution >= 4 is 23.1 Å². The number of halogens is 1. The average Bonchev–Trinajstić information content (AvgIpc) is 2.38. The van der Waals surface area contributed by atoms with Gasteiger partial charge in [0.2, 0.25) is 0 Å². The maximum absolute atomic E-state index is 9.24. The summed E-state index contributed by atoms with van der Waals surface area (Å²) in [5.41, 5.74) is 7.03. The van der Waals surface area contributed by atoms with E-state index in [1.807, 2.05) is 12.1 Å². The van der Waals surface area contributed by atoms with Gasteiger partial charge in [0.25, 0.3) is 0 Å². The van der Waals surface area contributed by atoms with Gasteiger partial charge in [0.05, 0.1) is 10.7 Å². The van der Waals surface area contributed by atoms with Gasteiger partial charge in [-0.2, -0.15) is 0 Å². The standard InChI is InChI=1S/C13H18ClN3O/c14-11-6-10(13(15)16)3-4-12(11)17-5-1-2-9(7-17)8-18/h3-4,6,9,18H,1-2,5,7-8H2,(H3,15,16). The maximum Gasteiger partial charge on any atom is 0.122 e. The minimum Gasteiger partial charge on any atom is -0.396 e. The van der Waals surface area contributed by atoms with Crippen LogP contribution in [0.4, 0.5) is 5.69 Å². The molecule has 0 bridgehead atoms. The molecule has 1 aliphatic rings. The average molecular weight is 268 g/mol. The van der Waals surface area contributed by atoms with Crippen LogP contribution in [0, 0.1) is 11.3 Å². The van der Waals surface area contributed by atoms with Crippen LogP contribution in [0.2, 0.25) is 5.02 Å². The lowest BCUT2D eigenvalue weighted by Gasteiger charge is -2.34. The number of aliphatic hydroxyl groups is 1. The van der Waals surface area contributed by atoms with Crippen LogP contribution in [0.25, 0.3) is 0 Å². The summed E-state index contributed by atoms with van der Waals surface area (Å²) in [6, 6.07) is 5.44. The second-order valence-electron chi connectivity index (χ2n) is 4.72. The Kier molecular flexibility index (Phi) is 4.09. The number of benzene rings is 1. The first-order valence-electron chi connectivity index (χ1n) is 6.11. The molecule has 1 aromatic carbocycles. The summed E-state index contributed by atoms with van der Waals surface area (Å²) in [7, 11) is 0. The first kappa shape index (κ1) is 13.2. The van der Waals surface area contributed by atoms with Crippen molar-refractivity contribution in [2.75, 3.05) is 24.6 Å². The van der Waals surface area contributed by atoms with Gasteiger partial charge in [0.1, 0.15) is 5.84 Å². The second kappa shape index (κ2) is 5.59. The molecule has 1 aromatic rings. The molecular formula is C13H18ClN3O. The Morgan fingerprint density at radius 3 is 2.94 bits per heavy atom. The Morgan fingerprint density at radius 2 is 2.33 bits per heavy atom. The quantitative estimate of drug-likeness (QED) is 0.578. The van der Waals surface area contributed by atoms with Crippen molar-refractivity contribution in [1.29, 1.82) is 5.41 Å². The van der Waals surface area contributed by atoms with E-state index in [1.54, 1.807) is 6.07 Å². The molecule has 1 fully saturated rings. The van der Waals surface area contributed by atoms with Crippen LogP contribution >= 0.6 is 11.6 Å². The Hall–Kier alpha value is -1.26. The molecule has 1 saturated heterocycles. The number of nitrogens with zero attached hydrogens (tertiary/aromatic N) is 1. The number of anilines is 1. The Labute approximate surface area is 112 Å². The zero-order chi connectivity index (χ0) is 13.1. The second-order valence-corrected chi connectivity index (χ2v) is 5.12. The molecule has 0 spiro atoms. The fraction of sp³-hybridized carbons (Fsp3) is 0.462. The molecule has 2 rings (SSSR count). The largest absolute Gasteiger partial charge is 0.396 e. The van der Waals surface area contributed by atoms with E-state index in [1.165, 1.54) is 0 Å². The molecule has 0 aliphatic carbocycles. The minimum absolute atomic E-state index is 0.0235. The Balaban J connectivity index is 2.20. The monoisotopic (exact) mass is 267 g/mol. The van der Waals surface area contributed by atoms with Crippen molar-refractivity contribution in [2.24, 2.45) is 11.7 Å². The van der Waals surface area contributed by atoms with Crippen molar-refractivity contribution in [1.82, 2.24) is 0 Å². The van der Waals surface area contributed by atoms with E-state index < -0.39 is 0 Å². The van der Waals surface area contributed by atoms with Crippen LogP contribution in [0.15, 0.2) is 18.2 Å². The van der Waals surface area contributed by atoms with E-state index in [-0.39, 0.29) is 12.4 Å². The number of hydrogen-bond acceptors (Lipinski definition) is 3. The van der Waals surface area contributed by atoms with Crippen molar-refractivity contribution < 1.29 is 5.11 Å². The van der Waals surface area contributed by atoms with Gasteiger partial charge < -0.3 is 15.7 Å². The highest BCUT2D eigenvalue weighted by Crippen LogP contribution is 2.30. The van der Waals surface area contributed by atoms with Gasteiger partial charge in [0, 0.05) is 25.3 Å². The zero-order valence-electron chi connectivity index (χ0n) is 10.2. The van der Waals surface area contributed by atoms with Gasteiger partial charge >= 0.3 is 0 Å². The van der Waals surface area contributed by atoms with Crippen LogP contribution in [-0.4, -0.2) is 30.6 Å². The topological polar surface area (TPSA) is 73.3 Å². The SMILES string of the molecule is N=C(N)c1ccc(N2CCCC(CO)C2)c(Cl)c1. The molecule has 0 radical (unpaired) electrons. The van der Waals surface area contributed by atoms with Crippen LogP contribution in [-0.2, 0) is 0 Å². The normalized spacial score (nSPS) is 19.9. The third-order valence-corrected chi connectivity index (χ3v) is 3.68. The third-order valence-electron chi connectivity index (χ3n) is 3.38. The molecule has 98 valence electrons. The van der Waals surface area contributed by atoms with Crippen molar-refractivity contribution in [3.63, 3.8) is 0 Å². The lowest BCUT2D eigenvalue weighted by molar-refractivity contribution is 0.209. The maximum atomic E-state index is 9.24. The van der Waals surface area contributed by atoms with Crippen LogP contribution < -0.4 is 10.6 Å². The molecule has 18 heavy (non-hydrogen) atoms. The fourth-order valence-electron chi connectivity index (χ4n) is 2.36. The van der Waals surface area contributed by atoms with E-state index in [0.717, 1.165) is 31.6 Å². The van der Waals surface area contributed by atoms with E-state index in [4.69, 9.17) is 22.7 Å². The summed E-state index contributed by atoms with van der Waals surface area (Å²) in [5, 5.41) is 17.2. The van der Waals surface area contributed by atoms with Crippen molar-refractivity contribution in [3.05, 3.63) is 28.8 Å². The van der Waals surface area contributed by atoms with Gasteiger partial charge in [-0.15, -0.1) is 0 Å². The van der Waals surface area contributed by atoms with Gasteiger partial charge in [-0.05, 0) is 37.0 Å². The van der Waals surface area contributed by atoms with Crippen LogP contribution in [0.3, 0.4) is 0 Å². The molecule has 1 aliphatic heterocycles. The number of hydrogen-bond donors (Lipinski definition) is 3. The molecule has 0 saturated carbocycles. The smallest absolute Gasteiger partial charge is 0.122 e.